The van der Waals surface area contributed by atoms with Crippen LogP contribution in [0.25, 0.3) is 0 Å². The summed E-state index contributed by atoms with van der Waals surface area (Å²) in [6.45, 7) is 6.79. The molecule has 1 aromatic rings. The minimum absolute atomic E-state index is 0.0395. The van der Waals surface area contributed by atoms with E-state index in [1.165, 1.54) is 11.3 Å². The van der Waals surface area contributed by atoms with Gasteiger partial charge in [0.25, 0.3) is 5.91 Å². The molecular weight excluding hydrogens is 260 g/mol. The summed E-state index contributed by atoms with van der Waals surface area (Å²) in [5.74, 6) is 1.12. The van der Waals surface area contributed by atoms with Crippen molar-refractivity contribution in [2.75, 3.05) is 37.3 Å². The first-order valence-corrected chi connectivity index (χ1v) is 7.61. The molecule has 0 radical (unpaired) electrons. The average Bonchev–Trinajstić information content (AvgIpc) is 2.80. The van der Waals surface area contributed by atoms with Gasteiger partial charge >= 0.3 is 0 Å². The van der Waals surface area contributed by atoms with Crippen molar-refractivity contribution in [1.82, 2.24) is 9.88 Å². The van der Waals surface area contributed by atoms with Gasteiger partial charge in [-0.3, -0.25) is 4.79 Å². The normalized spacial score (nSPS) is 16.7. The molecule has 19 heavy (non-hydrogen) atoms. The van der Waals surface area contributed by atoms with Gasteiger partial charge in [0.1, 0.15) is 10.7 Å². The molecule has 0 atom stereocenters. The highest BCUT2D eigenvalue weighted by Gasteiger charge is 2.25. The van der Waals surface area contributed by atoms with Gasteiger partial charge in [-0.25, -0.2) is 4.98 Å². The van der Waals surface area contributed by atoms with Crippen LogP contribution in [0.1, 0.15) is 36.4 Å². The van der Waals surface area contributed by atoms with Crippen LogP contribution in [0.3, 0.4) is 0 Å². The Morgan fingerprint density at radius 1 is 1.53 bits per heavy atom. The zero-order valence-corrected chi connectivity index (χ0v) is 12.7. The molecule has 0 saturated carbocycles. The maximum atomic E-state index is 12.4. The number of carbonyl (C=O) groups excluding carboxylic acids is 1. The number of carbonyl (C=O) groups is 1. The molecule has 0 aliphatic carbocycles. The van der Waals surface area contributed by atoms with Crippen molar-refractivity contribution in [2.45, 2.75) is 26.7 Å². The Bertz CT molecular complexity index is 451. The van der Waals surface area contributed by atoms with Crippen LogP contribution < -0.4 is 10.6 Å². The van der Waals surface area contributed by atoms with Gasteiger partial charge in [0.2, 0.25) is 0 Å². The number of amides is 1. The van der Waals surface area contributed by atoms with Crippen LogP contribution in [0.2, 0.25) is 0 Å². The van der Waals surface area contributed by atoms with Crippen molar-refractivity contribution in [3.8, 4) is 0 Å². The average molecular weight is 282 g/mol. The van der Waals surface area contributed by atoms with Gasteiger partial charge in [0.15, 0.2) is 5.13 Å². The number of nitrogens with zero attached hydrogens (tertiary/aromatic N) is 3. The lowest BCUT2D eigenvalue weighted by molar-refractivity contribution is 0.0703. The number of aromatic nitrogens is 1. The van der Waals surface area contributed by atoms with Gasteiger partial charge in [-0.2, -0.15) is 0 Å². The third-order valence-corrected chi connectivity index (χ3v) is 4.88. The molecule has 2 heterocycles. The SMILES string of the molecule is CCN(C)c1nc(N)c(C(=O)N2CCC(C)CC2)s1. The zero-order chi connectivity index (χ0) is 14.0. The van der Waals surface area contributed by atoms with Crippen LogP contribution >= 0.6 is 11.3 Å². The molecule has 2 rings (SSSR count). The van der Waals surface area contributed by atoms with Crippen LogP contribution in [-0.4, -0.2) is 42.5 Å². The van der Waals surface area contributed by atoms with E-state index >= 15 is 0 Å². The number of piperidine rings is 1. The lowest BCUT2D eigenvalue weighted by Gasteiger charge is -2.29. The molecule has 0 bridgehead atoms. The number of anilines is 2. The first kappa shape index (κ1) is 14.1. The summed E-state index contributed by atoms with van der Waals surface area (Å²) in [6, 6.07) is 0. The molecule has 1 fully saturated rings. The van der Waals surface area contributed by atoms with E-state index in [2.05, 4.69) is 11.9 Å². The zero-order valence-electron chi connectivity index (χ0n) is 11.8. The van der Waals surface area contributed by atoms with Gasteiger partial charge in [0.05, 0.1) is 0 Å². The lowest BCUT2D eigenvalue weighted by atomic mass is 9.99. The molecule has 0 unspecified atom stereocenters. The standard InChI is InChI=1S/C13H22N4OS/c1-4-16(3)13-15-11(14)10(19-13)12(18)17-7-5-9(2)6-8-17/h9H,4-8,14H2,1-3H3. The Morgan fingerprint density at radius 3 is 2.74 bits per heavy atom. The molecule has 1 aromatic heterocycles. The predicted molar refractivity (Wildman–Crippen MR) is 79.8 cm³/mol. The molecule has 2 N–H and O–H groups in total. The molecular formula is C13H22N4OS. The topological polar surface area (TPSA) is 62.5 Å². The smallest absolute Gasteiger partial charge is 0.267 e. The van der Waals surface area contributed by atoms with Gasteiger partial charge in [-0.05, 0) is 25.7 Å². The highest BCUT2D eigenvalue weighted by atomic mass is 32.1. The fraction of sp³-hybridized carbons (Fsp3) is 0.692. The summed E-state index contributed by atoms with van der Waals surface area (Å²) in [6.07, 6.45) is 2.15. The monoisotopic (exact) mass is 282 g/mol. The van der Waals surface area contributed by atoms with E-state index < -0.39 is 0 Å². The molecule has 1 amide bonds. The van der Waals surface area contributed by atoms with E-state index in [1.807, 2.05) is 23.8 Å². The summed E-state index contributed by atoms with van der Waals surface area (Å²) >= 11 is 1.39. The molecule has 5 nitrogen and oxygen atoms in total. The first-order chi connectivity index (χ1) is 9.02. The molecule has 6 heteroatoms. The number of nitrogens with two attached hydrogens (primary N) is 1. The highest BCUT2D eigenvalue weighted by Crippen LogP contribution is 2.29. The summed E-state index contributed by atoms with van der Waals surface area (Å²) in [5.41, 5.74) is 5.89. The number of likely N-dealkylation sites (tertiary alicyclic amines) is 1. The van der Waals surface area contributed by atoms with E-state index in [9.17, 15) is 4.79 Å². The van der Waals surface area contributed by atoms with Gasteiger partial charge < -0.3 is 15.5 Å². The number of rotatable bonds is 3. The Balaban J connectivity index is 2.13. The van der Waals surface area contributed by atoms with Crippen molar-refractivity contribution in [2.24, 2.45) is 5.92 Å². The molecule has 106 valence electrons. The third-order valence-electron chi connectivity index (χ3n) is 3.71. The molecule has 1 aliphatic heterocycles. The van der Waals surface area contributed by atoms with Crippen LogP contribution in [0.4, 0.5) is 10.9 Å². The van der Waals surface area contributed by atoms with Crippen LogP contribution in [0, 0.1) is 5.92 Å². The maximum absolute atomic E-state index is 12.4. The van der Waals surface area contributed by atoms with E-state index in [1.54, 1.807) is 0 Å². The fourth-order valence-corrected chi connectivity index (χ4v) is 3.11. The maximum Gasteiger partial charge on any atom is 0.267 e. The van der Waals surface area contributed by atoms with E-state index in [0.717, 1.165) is 37.6 Å². The number of nitrogen functional groups attached to an aromatic ring is 1. The van der Waals surface area contributed by atoms with Gasteiger partial charge in [0, 0.05) is 26.7 Å². The second kappa shape index (κ2) is 5.77. The van der Waals surface area contributed by atoms with Crippen LogP contribution in [0.15, 0.2) is 0 Å². The van der Waals surface area contributed by atoms with Crippen molar-refractivity contribution >= 4 is 28.2 Å². The van der Waals surface area contributed by atoms with Gasteiger partial charge in [-0.15, -0.1) is 0 Å². The minimum Gasteiger partial charge on any atom is -0.382 e. The Kier molecular flexibility index (Phi) is 4.29. The van der Waals surface area contributed by atoms with E-state index in [-0.39, 0.29) is 5.91 Å². The van der Waals surface area contributed by atoms with E-state index in [0.29, 0.717) is 16.6 Å². The number of thiazole rings is 1. The van der Waals surface area contributed by atoms with Crippen LogP contribution in [0.5, 0.6) is 0 Å². The van der Waals surface area contributed by atoms with E-state index in [4.69, 9.17) is 5.73 Å². The first-order valence-electron chi connectivity index (χ1n) is 6.79. The van der Waals surface area contributed by atoms with Crippen molar-refractivity contribution in [3.05, 3.63) is 4.88 Å². The third kappa shape index (κ3) is 3.00. The minimum atomic E-state index is 0.0395. The Morgan fingerprint density at radius 2 is 2.16 bits per heavy atom. The number of hydrogen-bond acceptors (Lipinski definition) is 5. The van der Waals surface area contributed by atoms with Crippen LogP contribution in [-0.2, 0) is 0 Å². The molecule has 1 aliphatic rings. The Labute approximate surface area is 118 Å². The predicted octanol–water partition coefficient (Wildman–Crippen LogP) is 2.05. The lowest BCUT2D eigenvalue weighted by Crippen LogP contribution is -2.37. The highest BCUT2D eigenvalue weighted by molar-refractivity contribution is 7.18. The largest absolute Gasteiger partial charge is 0.382 e. The molecule has 1 saturated heterocycles. The summed E-state index contributed by atoms with van der Waals surface area (Å²) in [4.78, 5) is 21.2. The Hall–Kier alpha value is -1.30. The quantitative estimate of drug-likeness (QED) is 0.921. The second-order valence-electron chi connectivity index (χ2n) is 5.20. The number of hydrogen-bond donors (Lipinski definition) is 1. The van der Waals surface area contributed by atoms with Crippen molar-refractivity contribution in [1.29, 1.82) is 0 Å². The van der Waals surface area contributed by atoms with Crippen molar-refractivity contribution in [3.63, 3.8) is 0 Å². The van der Waals surface area contributed by atoms with Crippen molar-refractivity contribution < 1.29 is 4.79 Å². The second-order valence-corrected chi connectivity index (χ2v) is 6.18. The summed E-state index contributed by atoms with van der Waals surface area (Å²) < 4.78 is 0. The summed E-state index contributed by atoms with van der Waals surface area (Å²) in [5, 5.41) is 0.814. The summed E-state index contributed by atoms with van der Waals surface area (Å²) in [7, 11) is 1.95. The van der Waals surface area contributed by atoms with Gasteiger partial charge in [-0.1, -0.05) is 18.3 Å². The fourth-order valence-electron chi connectivity index (χ4n) is 2.13. The molecule has 0 aromatic carbocycles. The molecule has 0 spiro atoms.